The van der Waals surface area contributed by atoms with Gasteiger partial charge in [-0.15, -0.1) is 0 Å². The van der Waals surface area contributed by atoms with Gasteiger partial charge in [0.25, 0.3) is 0 Å². The molecule has 0 aromatic heterocycles. The summed E-state index contributed by atoms with van der Waals surface area (Å²) in [4.78, 5) is 0. The van der Waals surface area contributed by atoms with Crippen molar-refractivity contribution in [1.82, 2.24) is 0 Å². The van der Waals surface area contributed by atoms with Crippen LogP contribution in [0, 0.1) is 0 Å². The number of rotatable bonds is 4. The van der Waals surface area contributed by atoms with Crippen molar-refractivity contribution in [2.24, 2.45) is 0 Å². The van der Waals surface area contributed by atoms with Crippen LogP contribution in [0.15, 0.2) is 54.6 Å². The van der Waals surface area contributed by atoms with Crippen LogP contribution >= 0.6 is 0 Å². The first kappa shape index (κ1) is 15.5. The zero-order valence-corrected chi connectivity index (χ0v) is 14.3. The van der Waals surface area contributed by atoms with Gasteiger partial charge in [-0.05, 0) is 44.5 Å². The summed E-state index contributed by atoms with van der Waals surface area (Å²) in [6.45, 7) is 7.26. The van der Waals surface area contributed by atoms with Gasteiger partial charge in [0.05, 0.1) is 12.0 Å². The van der Waals surface area contributed by atoms with E-state index in [0.29, 0.717) is 6.61 Å². The van der Waals surface area contributed by atoms with Gasteiger partial charge in [-0.2, -0.15) is 4.58 Å². The highest BCUT2D eigenvalue weighted by Crippen LogP contribution is 2.41. The summed E-state index contributed by atoms with van der Waals surface area (Å²) in [5, 5.41) is 0. The van der Waals surface area contributed by atoms with E-state index in [0.717, 1.165) is 5.75 Å². The van der Waals surface area contributed by atoms with E-state index in [2.05, 4.69) is 80.1 Å². The topological polar surface area (TPSA) is 12.2 Å². The molecule has 0 radical (unpaired) electrons. The van der Waals surface area contributed by atoms with Crippen LogP contribution in [0.2, 0.25) is 0 Å². The molecule has 0 saturated carbocycles. The number of hydrogen-bond donors (Lipinski definition) is 0. The largest absolute Gasteiger partial charge is 0.494 e. The van der Waals surface area contributed by atoms with Crippen molar-refractivity contribution in [2.75, 3.05) is 13.7 Å². The normalized spacial score (nSPS) is 16.0. The van der Waals surface area contributed by atoms with E-state index in [-0.39, 0.29) is 5.41 Å². The predicted molar refractivity (Wildman–Crippen MR) is 97.0 cm³/mol. The number of fused-ring (bicyclic) bond motifs is 1. The molecule has 0 amide bonds. The maximum Gasteiger partial charge on any atom is 0.209 e. The fraction of sp³-hybridized carbons (Fsp3) is 0.286. The molecule has 0 bridgehead atoms. The Morgan fingerprint density at radius 3 is 2.48 bits per heavy atom. The number of allylic oxidation sites excluding steroid dienone is 1. The third-order valence-electron chi connectivity index (χ3n) is 4.55. The lowest BCUT2D eigenvalue weighted by Crippen LogP contribution is -2.26. The SMILES string of the molecule is CCOc1ccc2c(c1)C(C)(C)C(C=Cc1ccccc1)=[N+]2C. The van der Waals surface area contributed by atoms with Gasteiger partial charge in [-0.3, -0.25) is 0 Å². The highest BCUT2D eigenvalue weighted by Gasteiger charge is 2.43. The summed E-state index contributed by atoms with van der Waals surface area (Å²) < 4.78 is 7.96. The van der Waals surface area contributed by atoms with Crippen LogP contribution in [-0.4, -0.2) is 23.9 Å². The van der Waals surface area contributed by atoms with Gasteiger partial charge in [-0.25, -0.2) is 0 Å². The molecule has 2 heteroatoms. The predicted octanol–water partition coefficient (Wildman–Crippen LogP) is 4.80. The lowest BCUT2D eigenvalue weighted by molar-refractivity contribution is -0.401. The molecule has 2 aromatic carbocycles. The molecule has 0 unspecified atom stereocenters. The van der Waals surface area contributed by atoms with Gasteiger partial charge in [-0.1, -0.05) is 30.3 Å². The summed E-state index contributed by atoms with van der Waals surface area (Å²) in [5.74, 6) is 0.945. The van der Waals surface area contributed by atoms with E-state index in [1.165, 1.54) is 22.5 Å². The highest BCUT2D eigenvalue weighted by atomic mass is 16.5. The third-order valence-corrected chi connectivity index (χ3v) is 4.55. The van der Waals surface area contributed by atoms with Gasteiger partial charge >= 0.3 is 0 Å². The van der Waals surface area contributed by atoms with Crippen molar-refractivity contribution < 1.29 is 9.31 Å². The van der Waals surface area contributed by atoms with E-state index in [9.17, 15) is 0 Å². The van der Waals surface area contributed by atoms with Crippen LogP contribution in [0.3, 0.4) is 0 Å². The second-order valence-electron chi connectivity index (χ2n) is 6.43. The molecule has 1 aliphatic heterocycles. The van der Waals surface area contributed by atoms with Crippen molar-refractivity contribution in [3.05, 3.63) is 65.7 Å². The quantitative estimate of drug-likeness (QED) is 0.739. The lowest BCUT2D eigenvalue weighted by Gasteiger charge is -2.16. The molecule has 2 nitrogen and oxygen atoms in total. The minimum atomic E-state index is -0.0392. The van der Waals surface area contributed by atoms with Gasteiger partial charge in [0.2, 0.25) is 5.69 Å². The van der Waals surface area contributed by atoms with Crippen molar-refractivity contribution >= 4 is 17.5 Å². The number of benzene rings is 2. The molecule has 0 aliphatic carbocycles. The first-order valence-electron chi connectivity index (χ1n) is 8.15. The average molecular weight is 306 g/mol. The van der Waals surface area contributed by atoms with Gasteiger partial charge in [0, 0.05) is 17.7 Å². The molecule has 0 saturated heterocycles. The van der Waals surface area contributed by atoms with E-state index in [1.54, 1.807) is 0 Å². The molecule has 0 spiro atoms. The standard InChI is InChI=1S/C21H24NO/c1-5-23-17-12-13-19-18(15-17)21(2,3)20(22(19)4)14-11-16-9-7-6-8-10-16/h6-15H,5H2,1-4H3/q+1. The van der Waals surface area contributed by atoms with Crippen molar-refractivity contribution in [2.45, 2.75) is 26.2 Å². The summed E-state index contributed by atoms with van der Waals surface area (Å²) in [7, 11) is 2.14. The van der Waals surface area contributed by atoms with Gasteiger partial charge < -0.3 is 4.74 Å². The van der Waals surface area contributed by atoms with Crippen LogP contribution in [-0.2, 0) is 5.41 Å². The molecule has 0 atom stereocenters. The molecular formula is C21H24NO+. The summed E-state index contributed by atoms with van der Waals surface area (Å²) in [5.41, 5.74) is 5.05. The second-order valence-corrected chi connectivity index (χ2v) is 6.43. The Bertz CT molecular complexity index is 770. The van der Waals surface area contributed by atoms with Crippen LogP contribution in [0.4, 0.5) is 5.69 Å². The Morgan fingerprint density at radius 1 is 1.04 bits per heavy atom. The highest BCUT2D eigenvalue weighted by molar-refractivity contribution is 6.05. The molecule has 0 N–H and O–H groups in total. The minimum Gasteiger partial charge on any atom is -0.494 e. The Kier molecular flexibility index (Phi) is 4.08. The lowest BCUT2D eigenvalue weighted by atomic mass is 9.81. The Balaban J connectivity index is 1.99. The van der Waals surface area contributed by atoms with Gasteiger partial charge in [0.1, 0.15) is 12.8 Å². The number of ether oxygens (including phenoxy) is 1. The Hall–Kier alpha value is -2.35. The molecule has 3 rings (SSSR count). The Labute approximate surface area is 138 Å². The molecule has 118 valence electrons. The monoisotopic (exact) mass is 306 g/mol. The van der Waals surface area contributed by atoms with Crippen LogP contribution in [0.1, 0.15) is 31.9 Å². The minimum absolute atomic E-state index is 0.0392. The number of nitrogens with zero attached hydrogens (tertiary/aromatic N) is 1. The zero-order chi connectivity index (χ0) is 16.4. The number of hydrogen-bond acceptors (Lipinski definition) is 1. The maximum absolute atomic E-state index is 5.68. The molecule has 23 heavy (non-hydrogen) atoms. The van der Waals surface area contributed by atoms with Crippen LogP contribution < -0.4 is 4.74 Å². The zero-order valence-electron chi connectivity index (χ0n) is 14.3. The average Bonchev–Trinajstić information content (AvgIpc) is 2.74. The molecule has 1 aliphatic rings. The van der Waals surface area contributed by atoms with E-state index in [1.807, 2.05) is 13.0 Å². The smallest absolute Gasteiger partial charge is 0.209 e. The van der Waals surface area contributed by atoms with E-state index >= 15 is 0 Å². The molecule has 2 aromatic rings. The summed E-state index contributed by atoms with van der Waals surface area (Å²) in [6, 6.07) is 16.8. The Morgan fingerprint density at radius 2 is 1.78 bits per heavy atom. The first-order valence-corrected chi connectivity index (χ1v) is 8.15. The summed E-state index contributed by atoms with van der Waals surface area (Å²) >= 11 is 0. The molecular weight excluding hydrogens is 282 g/mol. The second kappa shape index (κ2) is 6.04. The van der Waals surface area contributed by atoms with E-state index in [4.69, 9.17) is 4.74 Å². The fourth-order valence-corrected chi connectivity index (χ4v) is 3.31. The first-order chi connectivity index (χ1) is 11.0. The molecule has 1 heterocycles. The fourth-order valence-electron chi connectivity index (χ4n) is 3.31. The van der Waals surface area contributed by atoms with Gasteiger partial charge in [0.15, 0.2) is 5.71 Å². The van der Waals surface area contributed by atoms with Crippen molar-refractivity contribution in [3.8, 4) is 5.75 Å². The third kappa shape index (κ3) is 2.81. The van der Waals surface area contributed by atoms with Crippen LogP contribution in [0.25, 0.3) is 6.08 Å². The van der Waals surface area contributed by atoms with Crippen molar-refractivity contribution in [3.63, 3.8) is 0 Å². The van der Waals surface area contributed by atoms with Crippen molar-refractivity contribution in [1.29, 1.82) is 0 Å². The summed E-state index contributed by atoms with van der Waals surface area (Å²) in [6.07, 6.45) is 4.42. The maximum atomic E-state index is 5.68. The van der Waals surface area contributed by atoms with E-state index < -0.39 is 0 Å². The van der Waals surface area contributed by atoms with Crippen LogP contribution in [0.5, 0.6) is 5.75 Å². The molecule has 0 fully saturated rings.